The van der Waals surface area contributed by atoms with Crippen molar-refractivity contribution in [2.45, 2.75) is 12.1 Å². The van der Waals surface area contributed by atoms with Crippen molar-refractivity contribution in [2.24, 2.45) is 5.92 Å². The summed E-state index contributed by atoms with van der Waals surface area (Å²) in [6, 6.07) is 26.2. The lowest BCUT2D eigenvalue weighted by atomic mass is 9.91. The standard InChI is InChI=1S/C26H19N3O3/c30-25-22-23(18-13-15-27-16-14-18)29(19-9-2-1-3-10-19)32-24(22)26(31)28(25)21-12-6-8-17-7-4-5-11-20(17)21/h1-16,22-24H/t22-,23-,24-/m1/s1. The molecule has 0 bridgehead atoms. The van der Waals surface area contributed by atoms with Crippen LogP contribution in [-0.4, -0.2) is 22.9 Å². The van der Waals surface area contributed by atoms with Gasteiger partial charge in [0.15, 0.2) is 6.10 Å². The van der Waals surface area contributed by atoms with E-state index in [0.29, 0.717) is 5.69 Å². The van der Waals surface area contributed by atoms with Gasteiger partial charge in [-0.3, -0.25) is 19.4 Å². The fourth-order valence-corrected chi connectivity index (χ4v) is 4.75. The van der Waals surface area contributed by atoms with E-state index in [0.717, 1.165) is 22.0 Å². The summed E-state index contributed by atoms with van der Waals surface area (Å²) in [5.74, 6) is -1.26. The number of amides is 2. The minimum absolute atomic E-state index is 0.253. The molecule has 6 nitrogen and oxygen atoms in total. The van der Waals surface area contributed by atoms with Gasteiger partial charge in [0.25, 0.3) is 5.91 Å². The number of imide groups is 1. The third-order valence-corrected chi connectivity index (χ3v) is 6.18. The summed E-state index contributed by atoms with van der Waals surface area (Å²) in [5.41, 5.74) is 2.26. The van der Waals surface area contributed by atoms with E-state index < -0.39 is 18.1 Å². The van der Waals surface area contributed by atoms with Crippen LogP contribution in [0.25, 0.3) is 10.8 Å². The van der Waals surface area contributed by atoms with Gasteiger partial charge in [0.1, 0.15) is 5.92 Å². The van der Waals surface area contributed by atoms with Crippen LogP contribution in [0.2, 0.25) is 0 Å². The molecule has 0 unspecified atom stereocenters. The van der Waals surface area contributed by atoms with Gasteiger partial charge >= 0.3 is 0 Å². The minimum atomic E-state index is -0.889. The predicted molar refractivity (Wildman–Crippen MR) is 121 cm³/mol. The van der Waals surface area contributed by atoms with Crippen LogP contribution in [0.3, 0.4) is 0 Å². The first-order chi connectivity index (χ1) is 15.7. The first kappa shape index (κ1) is 18.7. The van der Waals surface area contributed by atoms with Gasteiger partial charge in [-0.25, -0.2) is 9.96 Å². The Balaban J connectivity index is 1.47. The fourth-order valence-electron chi connectivity index (χ4n) is 4.75. The van der Waals surface area contributed by atoms with Crippen molar-refractivity contribution in [3.63, 3.8) is 0 Å². The maximum Gasteiger partial charge on any atom is 0.266 e. The summed E-state index contributed by atoms with van der Waals surface area (Å²) in [4.78, 5) is 38.9. The molecule has 6 rings (SSSR count). The van der Waals surface area contributed by atoms with E-state index >= 15 is 0 Å². The molecule has 2 saturated heterocycles. The maximum absolute atomic E-state index is 13.8. The van der Waals surface area contributed by atoms with Crippen molar-refractivity contribution in [3.8, 4) is 0 Å². The fraction of sp³-hybridized carbons (Fsp3) is 0.115. The number of hydroxylamine groups is 1. The maximum atomic E-state index is 13.8. The Hall–Kier alpha value is -4.03. The minimum Gasteiger partial charge on any atom is -0.273 e. The second kappa shape index (κ2) is 7.28. The van der Waals surface area contributed by atoms with Crippen molar-refractivity contribution in [2.75, 3.05) is 9.96 Å². The molecular formula is C26H19N3O3. The Morgan fingerprint density at radius 1 is 0.750 bits per heavy atom. The van der Waals surface area contributed by atoms with Crippen molar-refractivity contribution >= 4 is 34.0 Å². The summed E-state index contributed by atoms with van der Waals surface area (Å²) >= 11 is 0. The van der Waals surface area contributed by atoms with Gasteiger partial charge in [0, 0.05) is 17.8 Å². The van der Waals surface area contributed by atoms with Gasteiger partial charge in [-0.15, -0.1) is 0 Å². The number of rotatable bonds is 3. The highest BCUT2D eigenvalue weighted by atomic mass is 16.7. The summed E-state index contributed by atoms with van der Waals surface area (Å²) in [5, 5.41) is 3.53. The molecule has 32 heavy (non-hydrogen) atoms. The highest BCUT2D eigenvalue weighted by Crippen LogP contribution is 2.48. The lowest BCUT2D eigenvalue weighted by Crippen LogP contribution is -2.37. The van der Waals surface area contributed by atoms with Crippen molar-refractivity contribution in [1.29, 1.82) is 0 Å². The quantitative estimate of drug-likeness (QED) is 0.462. The van der Waals surface area contributed by atoms with Gasteiger partial charge in [-0.1, -0.05) is 54.6 Å². The van der Waals surface area contributed by atoms with Gasteiger partial charge in [0.2, 0.25) is 5.91 Å². The molecule has 0 N–H and O–H groups in total. The number of hydrogen-bond donors (Lipinski definition) is 0. The molecule has 6 heteroatoms. The first-order valence-electron chi connectivity index (χ1n) is 10.5. The number of hydrogen-bond acceptors (Lipinski definition) is 5. The Kier molecular flexibility index (Phi) is 4.26. The molecule has 3 aromatic carbocycles. The molecular weight excluding hydrogens is 402 g/mol. The Bertz CT molecular complexity index is 1320. The Morgan fingerprint density at radius 3 is 2.28 bits per heavy atom. The van der Waals surface area contributed by atoms with Gasteiger partial charge in [-0.05, 0) is 41.3 Å². The number of fused-ring (bicyclic) bond motifs is 2. The van der Waals surface area contributed by atoms with Crippen molar-refractivity contribution in [3.05, 3.63) is 103 Å². The van der Waals surface area contributed by atoms with Crippen LogP contribution in [0.5, 0.6) is 0 Å². The van der Waals surface area contributed by atoms with E-state index in [2.05, 4.69) is 4.98 Å². The Labute approximate surface area is 184 Å². The van der Waals surface area contributed by atoms with Crippen LogP contribution in [0.1, 0.15) is 11.6 Å². The zero-order valence-electron chi connectivity index (χ0n) is 17.0. The molecule has 0 radical (unpaired) electrons. The average Bonchev–Trinajstić information content (AvgIpc) is 3.36. The number of para-hydroxylation sites is 1. The number of aromatic nitrogens is 1. The molecule has 4 aromatic rings. The lowest BCUT2D eigenvalue weighted by Gasteiger charge is -2.28. The molecule has 2 aliphatic rings. The van der Waals surface area contributed by atoms with Crippen LogP contribution in [-0.2, 0) is 14.4 Å². The van der Waals surface area contributed by atoms with Gasteiger partial charge in [-0.2, -0.15) is 0 Å². The van der Waals surface area contributed by atoms with E-state index in [-0.39, 0.29) is 11.8 Å². The monoisotopic (exact) mass is 421 g/mol. The molecule has 3 atom stereocenters. The average molecular weight is 421 g/mol. The number of carbonyl (C=O) groups is 2. The number of nitrogens with zero attached hydrogens (tertiary/aromatic N) is 3. The molecule has 1 aromatic heterocycles. The highest BCUT2D eigenvalue weighted by Gasteiger charge is 2.60. The van der Waals surface area contributed by atoms with E-state index in [9.17, 15) is 9.59 Å². The highest BCUT2D eigenvalue weighted by molar-refractivity contribution is 6.26. The van der Waals surface area contributed by atoms with Crippen LogP contribution in [0.4, 0.5) is 11.4 Å². The number of carbonyl (C=O) groups excluding carboxylic acids is 2. The SMILES string of the molecule is O=C1[C@@H]2[C@@H](c3ccncc3)N(c3ccccc3)O[C@H]2C(=O)N1c1cccc2ccccc12. The van der Waals surface area contributed by atoms with Gasteiger partial charge in [0.05, 0.1) is 17.4 Å². The van der Waals surface area contributed by atoms with Crippen LogP contribution in [0.15, 0.2) is 97.3 Å². The predicted octanol–water partition coefficient (Wildman–Crippen LogP) is 4.29. The smallest absolute Gasteiger partial charge is 0.266 e. The molecule has 0 spiro atoms. The number of anilines is 2. The van der Waals surface area contributed by atoms with E-state index in [1.807, 2.05) is 84.9 Å². The normalized spacial score (nSPS) is 22.6. The van der Waals surface area contributed by atoms with E-state index in [1.165, 1.54) is 4.90 Å². The summed E-state index contributed by atoms with van der Waals surface area (Å²) in [6.07, 6.45) is 2.49. The summed E-state index contributed by atoms with van der Waals surface area (Å²) in [7, 11) is 0. The zero-order valence-corrected chi connectivity index (χ0v) is 17.0. The molecule has 2 aliphatic heterocycles. The van der Waals surface area contributed by atoms with Crippen LogP contribution in [0, 0.1) is 5.92 Å². The molecule has 0 aliphatic carbocycles. The molecule has 2 fully saturated rings. The second-order valence-corrected chi connectivity index (χ2v) is 7.95. The largest absolute Gasteiger partial charge is 0.273 e. The van der Waals surface area contributed by atoms with Crippen LogP contribution < -0.4 is 9.96 Å². The van der Waals surface area contributed by atoms with E-state index in [1.54, 1.807) is 17.5 Å². The second-order valence-electron chi connectivity index (χ2n) is 7.95. The third-order valence-electron chi connectivity index (χ3n) is 6.18. The number of benzene rings is 3. The zero-order chi connectivity index (χ0) is 21.7. The molecule has 0 saturated carbocycles. The summed E-state index contributed by atoms with van der Waals surface area (Å²) in [6.45, 7) is 0. The van der Waals surface area contributed by atoms with Crippen molar-refractivity contribution < 1.29 is 14.4 Å². The van der Waals surface area contributed by atoms with Crippen LogP contribution >= 0.6 is 0 Å². The lowest BCUT2D eigenvalue weighted by molar-refractivity contribution is -0.126. The third kappa shape index (κ3) is 2.73. The topological polar surface area (TPSA) is 62.7 Å². The Morgan fingerprint density at radius 2 is 1.47 bits per heavy atom. The summed E-state index contributed by atoms with van der Waals surface area (Å²) < 4.78 is 0. The number of pyridine rings is 1. The first-order valence-corrected chi connectivity index (χ1v) is 10.5. The molecule has 156 valence electrons. The van der Waals surface area contributed by atoms with E-state index in [4.69, 9.17) is 4.84 Å². The molecule has 2 amide bonds. The molecule has 3 heterocycles. The van der Waals surface area contributed by atoms with Gasteiger partial charge < -0.3 is 0 Å². The van der Waals surface area contributed by atoms with Crippen molar-refractivity contribution in [1.82, 2.24) is 4.98 Å².